The van der Waals surface area contributed by atoms with Gasteiger partial charge in [-0.15, -0.1) is 0 Å². The molecule has 6 heteroatoms. The minimum absolute atomic E-state index is 0.0977. The molecule has 0 N–H and O–H groups in total. The summed E-state index contributed by atoms with van der Waals surface area (Å²) < 4.78 is 7.57. The zero-order valence-electron chi connectivity index (χ0n) is 16.4. The zero-order valence-corrected chi connectivity index (χ0v) is 18.0. The Balaban J connectivity index is 1.68. The van der Waals surface area contributed by atoms with Gasteiger partial charge in [-0.05, 0) is 66.6 Å². The summed E-state index contributed by atoms with van der Waals surface area (Å²) in [4.78, 5) is 17.9. The Kier molecular flexibility index (Phi) is 6.07. The molecule has 4 rings (SSSR count). The molecule has 0 amide bonds. The Morgan fingerprint density at radius 3 is 2.53 bits per heavy atom. The number of fused-ring (bicyclic) bond motifs is 1. The highest BCUT2D eigenvalue weighted by molar-refractivity contribution is 6.31. The molecule has 1 aromatic heterocycles. The van der Waals surface area contributed by atoms with Crippen molar-refractivity contribution in [2.75, 3.05) is 6.61 Å². The molecule has 0 aliphatic carbocycles. The van der Waals surface area contributed by atoms with Crippen LogP contribution in [0.5, 0.6) is 5.75 Å². The van der Waals surface area contributed by atoms with Gasteiger partial charge in [0.15, 0.2) is 0 Å². The van der Waals surface area contributed by atoms with Gasteiger partial charge in [0.2, 0.25) is 0 Å². The number of ether oxygens (including phenoxy) is 1. The van der Waals surface area contributed by atoms with Gasteiger partial charge in [0.05, 0.1) is 17.4 Å². The lowest BCUT2D eigenvalue weighted by molar-refractivity contribution is 0.296. The fourth-order valence-corrected chi connectivity index (χ4v) is 3.74. The third-order valence-electron chi connectivity index (χ3n) is 4.95. The van der Waals surface area contributed by atoms with Crippen LogP contribution in [0.25, 0.3) is 22.3 Å². The van der Waals surface area contributed by atoms with Crippen LogP contribution in [0.1, 0.15) is 12.5 Å². The second kappa shape index (κ2) is 8.90. The van der Waals surface area contributed by atoms with E-state index in [-0.39, 0.29) is 5.56 Å². The van der Waals surface area contributed by atoms with Crippen LogP contribution in [0.15, 0.2) is 71.5 Å². The molecule has 3 aromatic carbocycles. The maximum Gasteiger partial charge on any atom is 0.261 e. The summed E-state index contributed by atoms with van der Waals surface area (Å²) in [5, 5.41) is 1.94. The van der Waals surface area contributed by atoms with Crippen molar-refractivity contribution in [2.24, 2.45) is 0 Å². The number of aromatic nitrogens is 2. The average molecular weight is 439 g/mol. The van der Waals surface area contributed by atoms with Crippen molar-refractivity contribution in [1.29, 1.82) is 0 Å². The van der Waals surface area contributed by atoms with E-state index >= 15 is 0 Å². The summed E-state index contributed by atoms with van der Waals surface area (Å²) in [6.07, 6.45) is 0.824. The van der Waals surface area contributed by atoms with E-state index in [2.05, 4.69) is 0 Å². The highest BCUT2D eigenvalue weighted by Crippen LogP contribution is 2.23. The molecule has 30 heavy (non-hydrogen) atoms. The maximum atomic E-state index is 13.2. The van der Waals surface area contributed by atoms with Crippen LogP contribution in [0.4, 0.5) is 0 Å². The van der Waals surface area contributed by atoms with Crippen LogP contribution in [0.3, 0.4) is 0 Å². The number of benzene rings is 3. The van der Waals surface area contributed by atoms with Crippen LogP contribution in [0, 0.1) is 0 Å². The Morgan fingerprint density at radius 2 is 1.77 bits per heavy atom. The zero-order chi connectivity index (χ0) is 21.1. The van der Waals surface area contributed by atoms with Crippen LogP contribution in [-0.2, 0) is 13.0 Å². The van der Waals surface area contributed by atoms with Crippen molar-refractivity contribution in [3.8, 4) is 17.1 Å². The van der Waals surface area contributed by atoms with E-state index in [4.69, 9.17) is 32.9 Å². The van der Waals surface area contributed by atoms with Gasteiger partial charge in [-0.1, -0.05) is 42.3 Å². The van der Waals surface area contributed by atoms with Gasteiger partial charge in [0, 0.05) is 15.6 Å². The van der Waals surface area contributed by atoms with Crippen LogP contribution in [-0.4, -0.2) is 16.2 Å². The number of nitrogens with zero attached hydrogens (tertiary/aromatic N) is 2. The summed E-state index contributed by atoms with van der Waals surface area (Å²) in [5.74, 6) is 1.32. The molecule has 0 saturated heterocycles. The van der Waals surface area contributed by atoms with Crippen molar-refractivity contribution in [2.45, 2.75) is 19.9 Å². The first-order valence-electron chi connectivity index (χ1n) is 9.73. The SMILES string of the molecule is CCc1cc(OCCn2c(-c3ccc(Cl)cc3)nc3ccccc3c2=O)ccc1Cl. The average Bonchev–Trinajstić information content (AvgIpc) is 2.77. The first-order chi connectivity index (χ1) is 14.6. The van der Waals surface area contributed by atoms with Crippen LogP contribution in [0.2, 0.25) is 10.0 Å². The number of para-hydroxylation sites is 1. The van der Waals surface area contributed by atoms with Crippen molar-refractivity contribution >= 4 is 34.1 Å². The molecule has 4 nitrogen and oxygen atoms in total. The molecule has 0 radical (unpaired) electrons. The molecule has 0 aliphatic rings. The third-order valence-corrected chi connectivity index (χ3v) is 5.57. The number of aryl methyl sites for hydroxylation is 1. The summed E-state index contributed by atoms with van der Waals surface area (Å²) in [6.45, 7) is 2.73. The molecule has 0 bridgehead atoms. The van der Waals surface area contributed by atoms with Crippen molar-refractivity contribution in [1.82, 2.24) is 9.55 Å². The summed E-state index contributed by atoms with van der Waals surface area (Å²) >= 11 is 12.2. The molecule has 152 valence electrons. The first kappa shape index (κ1) is 20.5. The lowest BCUT2D eigenvalue weighted by Gasteiger charge is -2.15. The van der Waals surface area contributed by atoms with E-state index in [1.807, 2.05) is 55.5 Å². The lowest BCUT2D eigenvalue weighted by atomic mass is 10.1. The van der Waals surface area contributed by atoms with E-state index in [1.165, 1.54) is 0 Å². The number of hydrogen-bond acceptors (Lipinski definition) is 3. The van der Waals surface area contributed by atoms with E-state index in [1.54, 1.807) is 22.8 Å². The fraction of sp³-hybridized carbons (Fsp3) is 0.167. The largest absolute Gasteiger partial charge is 0.492 e. The van der Waals surface area contributed by atoms with Gasteiger partial charge >= 0.3 is 0 Å². The Hall–Kier alpha value is -2.82. The van der Waals surface area contributed by atoms with Gasteiger partial charge in [0.1, 0.15) is 18.2 Å². The van der Waals surface area contributed by atoms with Gasteiger partial charge in [-0.25, -0.2) is 4.98 Å². The van der Waals surface area contributed by atoms with Gasteiger partial charge in [0.25, 0.3) is 5.56 Å². The molecule has 0 atom stereocenters. The number of hydrogen-bond donors (Lipinski definition) is 0. The molecule has 1 heterocycles. The minimum Gasteiger partial charge on any atom is -0.492 e. The summed E-state index contributed by atoms with van der Waals surface area (Å²) in [5.41, 5.74) is 2.41. The highest BCUT2D eigenvalue weighted by Gasteiger charge is 2.13. The Labute approximate surface area is 184 Å². The Morgan fingerprint density at radius 1 is 1.00 bits per heavy atom. The molecule has 0 aliphatic heterocycles. The van der Waals surface area contributed by atoms with Crippen molar-refractivity contribution in [3.05, 3.63) is 92.7 Å². The van der Waals surface area contributed by atoms with Gasteiger partial charge < -0.3 is 4.74 Å². The molecule has 0 unspecified atom stereocenters. The normalized spacial score (nSPS) is 11.0. The molecule has 4 aromatic rings. The standard InChI is InChI=1S/C24H20Cl2N2O2/c1-2-16-15-19(11-12-21(16)26)30-14-13-28-23(17-7-9-18(25)10-8-17)27-22-6-4-3-5-20(22)24(28)29/h3-12,15H,2,13-14H2,1H3. The molecule has 0 spiro atoms. The molecule has 0 fully saturated rings. The van der Waals surface area contributed by atoms with Gasteiger partial charge in [-0.2, -0.15) is 0 Å². The van der Waals surface area contributed by atoms with E-state index in [0.717, 1.165) is 28.3 Å². The predicted octanol–water partition coefficient (Wildman–Crippen LogP) is 6.01. The van der Waals surface area contributed by atoms with Crippen molar-refractivity contribution in [3.63, 3.8) is 0 Å². The quantitative estimate of drug-likeness (QED) is 0.370. The fourth-order valence-electron chi connectivity index (χ4n) is 3.36. The van der Waals surface area contributed by atoms with E-state index in [9.17, 15) is 4.79 Å². The lowest BCUT2D eigenvalue weighted by Crippen LogP contribution is -2.26. The van der Waals surface area contributed by atoms with Crippen molar-refractivity contribution < 1.29 is 4.74 Å². The second-order valence-electron chi connectivity index (χ2n) is 6.87. The highest BCUT2D eigenvalue weighted by atomic mass is 35.5. The smallest absolute Gasteiger partial charge is 0.261 e. The second-order valence-corrected chi connectivity index (χ2v) is 7.72. The predicted molar refractivity (Wildman–Crippen MR) is 123 cm³/mol. The maximum absolute atomic E-state index is 13.2. The third kappa shape index (κ3) is 4.20. The summed E-state index contributed by atoms with van der Waals surface area (Å²) in [7, 11) is 0. The van der Waals surface area contributed by atoms with Gasteiger partial charge in [-0.3, -0.25) is 9.36 Å². The van der Waals surface area contributed by atoms with Crippen LogP contribution >= 0.6 is 23.2 Å². The monoisotopic (exact) mass is 438 g/mol. The number of rotatable bonds is 6. The topological polar surface area (TPSA) is 44.1 Å². The molecule has 0 saturated carbocycles. The Bertz CT molecular complexity index is 1250. The molecular weight excluding hydrogens is 419 g/mol. The summed E-state index contributed by atoms with van der Waals surface area (Å²) in [6, 6.07) is 20.3. The minimum atomic E-state index is -0.0977. The van der Waals surface area contributed by atoms with E-state index < -0.39 is 0 Å². The number of halogens is 2. The van der Waals surface area contributed by atoms with Crippen LogP contribution < -0.4 is 10.3 Å². The first-order valence-corrected chi connectivity index (χ1v) is 10.5. The van der Waals surface area contributed by atoms with E-state index in [0.29, 0.717) is 34.9 Å². The molecular formula is C24H20Cl2N2O2.